The van der Waals surface area contributed by atoms with E-state index >= 15 is 0 Å². The molecule has 0 amide bonds. The van der Waals surface area contributed by atoms with E-state index in [2.05, 4.69) is 0 Å². The molecule has 0 aliphatic carbocycles. The quantitative estimate of drug-likeness (QED) is 0.825. The van der Waals surface area contributed by atoms with Crippen molar-refractivity contribution in [3.63, 3.8) is 0 Å². The molecule has 1 aromatic carbocycles. The molecule has 1 nitrogen and oxygen atoms in total. The normalized spacial score (nSPS) is 14.1. The zero-order valence-electron chi connectivity index (χ0n) is 8.14. The van der Waals surface area contributed by atoms with Gasteiger partial charge in [0.2, 0.25) is 0 Å². The van der Waals surface area contributed by atoms with Crippen molar-refractivity contribution in [2.24, 2.45) is 5.73 Å². The van der Waals surface area contributed by atoms with Gasteiger partial charge in [-0.15, -0.1) is 12.4 Å². The molecule has 1 rings (SSSR count). The lowest BCUT2D eigenvalue weighted by Crippen LogP contribution is -2.46. The SMILES string of the molecule is Cl.N[C@H](c1ccccc1F)C(F)(F)C(F)(F)F. The van der Waals surface area contributed by atoms with E-state index in [1.165, 1.54) is 0 Å². The summed E-state index contributed by atoms with van der Waals surface area (Å²) in [5.41, 5.74) is 3.88. The molecule has 0 unspecified atom stereocenters. The molecule has 1 atom stereocenters. The van der Waals surface area contributed by atoms with Crippen LogP contribution in [0.2, 0.25) is 0 Å². The molecule has 0 radical (unpaired) electrons. The summed E-state index contributed by atoms with van der Waals surface area (Å²) in [6, 6.07) is 1.09. The molecule has 0 saturated heterocycles. The zero-order valence-corrected chi connectivity index (χ0v) is 8.96. The summed E-state index contributed by atoms with van der Waals surface area (Å²) >= 11 is 0. The van der Waals surface area contributed by atoms with Gasteiger partial charge in [0.1, 0.15) is 11.9 Å². The van der Waals surface area contributed by atoms with Gasteiger partial charge < -0.3 is 5.73 Å². The molecular weight excluding hydrogens is 272 g/mol. The highest BCUT2D eigenvalue weighted by molar-refractivity contribution is 5.85. The number of rotatable bonds is 2. The molecule has 0 spiro atoms. The highest BCUT2D eigenvalue weighted by Crippen LogP contribution is 2.43. The minimum atomic E-state index is -5.81. The number of alkyl halides is 5. The Labute approximate surface area is 99.0 Å². The third-order valence-corrected chi connectivity index (χ3v) is 2.01. The maximum atomic E-state index is 13.0. The topological polar surface area (TPSA) is 26.0 Å². The standard InChI is InChI=1S/C9H7F6N.ClH/c10-6-4-2-1-3-5(6)7(16)8(11,12)9(13,14)15;/h1-4,7H,16H2;1H/t7-;/m1./s1. The molecule has 0 aliphatic heterocycles. The first-order valence-corrected chi connectivity index (χ1v) is 4.12. The second-order valence-corrected chi connectivity index (χ2v) is 3.12. The molecule has 0 fully saturated rings. The molecular formula is C9H8ClF6N. The number of nitrogens with two attached hydrogens (primary N) is 1. The first kappa shape index (κ1) is 16.1. The van der Waals surface area contributed by atoms with Crippen LogP contribution in [-0.2, 0) is 0 Å². The molecule has 98 valence electrons. The summed E-state index contributed by atoms with van der Waals surface area (Å²) in [7, 11) is 0. The van der Waals surface area contributed by atoms with Crippen LogP contribution in [0.15, 0.2) is 24.3 Å². The van der Waals surface area contributed by atoms with Crippen molar-refractivity contribution in [2.45, 2.75) is 18.1 Å². The lowest BCUT2D eigenvalue weighted by atomic mass is 10.0. The van der Waals surface area contributed by atoms with Crippen molar-refractivity contribution in [1.29, 1.82) is 0 Å². The number of halogens is 7. The fourth-order valence-corrected chi connectivity index (χ4v) is 1.10. The largest absolute Gasteiger partial charge is 0.455 e. The van der Waals surface area contributed by atoms with E-state index in [4.69, 9.17) is 5.73 Å². The minimum Gasteiger partial charge on any atom is -0.319 e. The van der Waals surface area contributed by atoms with Gasteiger partial charge in [-0.1, -0.05) is 18.2 Å². The smallest absolute Gasteiger partial charge is 0.319 e. The second kappa shape index (κ2) is 5.14. The average molecular weight is 280 g/mol. The van der Waals surface area contributed by atoms with Gasteiger partial charge in [0.25, 0.3) is 0 Å². The fourth-order valence-electron chi connectivity index (χ4n) is 1.10. The van der Waals surface area contributed by atoms with Crippen LogP contribution in [0.1, 0.15) is 11.6 Å². The van der Waals surface area contributed by atoms with E-state index in [9.17, 15) is 26.3 Å². The Morgan fingerprint density at radius 3 is 1.88 bits per heavy atom. The Morgan fingerprint density at radius 1 is 1.00 bits per heavy atom. The van der Waals surface area contributed by atoms with Crippen molar-refractivity contribution in [2.75, 3.05) is 0 Å². The third-order valence-electron chi connectivity index (χ3n) is 2.01. The van der Waals surface area contributed by atoms with Crippen molar-refractivity contribution < 1.29 is 26.3 Å². The van der Waals surface area contributed by atoms with Crippen LogP contribution in [0.25, 0.3) is 0 Å². The van der Waals surface area contributed by atoms with E-state index in [-0.39, 0.29) is 12.4 Å². The molecule has 1 aromatic rings. The average Bonchev–Trinajstić information content (AvgIpc) is 2.15. The summed E-state index contributed by atoms with van der Waals surface area (Å²) in [6.45, 7) is 0. The van der Waals surface area contributed by atoms with Gasteiger partial charge in [0.15, 0.2) is 0 Å². The van der Waals surface area contributed by atoms with Gasteiger partial charge in [-0.25, -0.2) is 4.39 Å². The molecule has 0 saturated carbocycles. The maximum Gasteiger partial charge on any atom is 0.455 e. The Balaban J connectivity index is 0.00000256. The van der Waals surface area contributed by atoms with Crippen LogP contribution in [0.4, 0.5) is 26.3 Å². The van der Waals surface area contributed by atoms with E-state index in [1.807, 2.05) is 0 Å². The van der Waals surface area contributed by atoms with Crippen LogP contribution in [0, 0.1) is 5.82 Å². The van der Waals surface area contributed by atoms with Gasteiger partial charge in [0, 0.05) is 5.56 Å². The Hall–Kier alpha value is -0.950. The van der Waals surface area contributed by atoms with Gasteiger partial charge >= 0.3 is 12.1 Å². The van der Waals surface area contributed by atoms with E-state index in [0.29, 0.717) is 0 Å². The molecule has 0 aromatic heterocycles. The summed E-state index contributed by atoms with van der Waals surface area (Å²) in [5.74, 6) is -6.37. The van der Waals surface area contributed by atoms with Crippen LogP contribution in [0.3, 0.4) is 0 Å². The predicted molar refractivity (Wildman–Crippen MR) is 51.6 cm³/mol. The summed E-state index contributed by atoms with van der Waals surface area (Å²) < 4.78 is 74.4. The highest BCUT2D eigenvalue weighted by Gasteiger charge is 2.62. The molecule has 17 heavy (non-hydrogen) atoms. The van der Waals surface area contributed by atoms with Crippen molar-refractivity contribution >= 4 is 12.4 Å². The van der Waals surface area contributed by atoms with Gasteiger partial charge in [-0.05, 0) is 6.07 Å². The second-order valence-electron chi connectivity index (χ2n) is 3.12. The van der Waals surface area contributed by atoms with Crippen LogP contribution in [-0.4, -0.2) is 12.1 Å². The van der Waals surface area contributed by atoms with E-state index in [0.717, 1.165) is 24.3 Å². The molecule has 2 N–H and O–H groups in total. The first-order chi connectivity index (χ1) is 7.18. The number of hydrogen-bond donors (Lipinski definition) is 1. The zero-order chi connectivity index (χ0) is 12.6. The summed E-state index contributed by atoms with van der Waals surface area (Å²) in [6.07, 6.45) is -5.81. The van der Waals surface area contributed by atoms with Crippen LogP contribution < -0.4 is 5.73 Å². The predicted octanol–water partition coefficient (Wildman–Crippen LogP) is 3.44. The van der Waals surface area contributed by atoms with Crippen LogP contribution >= 0.6 is 12.4 Å². The Bertz CT molecular complexity index is 378. The Kier molecular flexibility index (Phi) is 4.85. The lowest BCUT2D eigenvalue weighted by molar-refractivity contribution is -0.291. The van der Waals surface area contributed by atoms with Gasteiger partial charge in [-0.3, -0.25) is 0 Å². The number of hydrogen-bond acceptors (Lipinski definition) is 1. The third kappa shape index (κ3) is 3.04. The van der Waals surface area contributed by atoms with Crippen molar-refractivity contribution in [3.05, 3.63) is 35.6 Å². The lowest BCUT2D eigenvalue weighted by Gasteiger charge is -2.26. The monoisotopic (exact) mass is 279 g/mol. The highest BCUT2D eigenvalue weighted by atomic mass is 35.5. The molecule has 8 heteroatoms. The van der Waals surface area contributed by atoms with E-state index < -0.39 is 29.5 Å². The summed E-state index contributed by atoms with van der Waals surface area (Å²) in [5, 5.41) is 0. The fraction of sp³-hybridized carbons (Fsp3) is 0.333. The first-order valence-electron chi connectivity index (χ1n) is 4.12. The summed E-state index contributed by atoms with van der Waals surface area (Å²) in [4.78, 5) is 0. The maximum absolute atomic E-state index is 13.0. The van der Waals surface area contributed by atoms with Gasteiger partial charge in [0.05, 0.1) is 0 Å². The van der Waals surface area contributed by atoms with Crippen LogP contribution in [0.5, 0.6) is 0 Å². The molecule has 0 aliphatic rings. The Morgan fingerprint density at radius 2 is 1.47 bits per heavy atom. The van der Waals surface area contributed by atoms with Gasteiger partial charge in [-0.2, -0.15) is 22.0 Å². The molecule has 0 bridgehead atoms. The number of benzene rings is 1. The van der Waals surface area contributed by atoms with E-state index in [1.54, 1.807) is 0 Å². The van der Waals surface area contributed by atoms with Crippen molar-refractivity contribution in [1.82, 2.24) is 0 Å². The van der Waals surface area contributed by atoms with Crippen molar-refractivity contribution in [3.8, 4) is 0 Å². The molecule has 0 heterocycles. The minimum absolute atomic E-state index is 0.